The van der Waals surface area contributed by atoms with E-state index in [-0.39, 0.29) is 18.4 Å². The van der Waals surface area contributed by atoms with Crippen molar-refractivity contribution in [3.63, 3.8) is 0 Å². The predicted molar refractivity (Wildman–Crippen MR) is 106 cm³/mol. The Bertz CT molecular complexity index is 757. The summed E-state index contributed by atoms with van der Waals surface area (Å²) >= 11 is 0. The minimum absolute atomic E-state index is 0.0522. The van der Waals surface area contributed by atoms with Gasteiger partial charge in [0, 0.05) is 32.7 Å². The predicted octanol–water partition coefficient (Wildman–Crippen LogP) is 2.30. The van der Waals surface area contributed by atoms with Gasteiger partial charge in [0.05, 0.1) is 5.92 Å². The number of carbonyl (C=O) groups is 1. The van der Waals surface area contributed by atoms with Crippen LogP contribution in [0.25, 0.3) is 0 Å². The number of carbonyl (C=O) groups excluding carboxylic acids is 1. The molecule has 2 saturated heterocycles. The topological polar surface area (TPSA) is 69.7 Å². The summed E-state index contributed by atoms with van der Waals surface area (Å²) in [7, 11) is -3.46. The molecule has 0 bridgehead atoms. The lowest BCUT2D eigenvalue weighted by atomic mass is 9.98. The SMILES string of the molecule is Cc1cccc(CNC(=O)C2CCCN(S(=O)(=O)N3CCC(C)CC3)C2)c1. The molecule has 7 heteroatoms. The van der Waals surface area contributed by atoms with Gasteiger partial charge < -0.3 is 5.32 Å². The Balaban J connectivity index is 1.57. The summed E-state index contributed by atoms with van der Waals surface area (Å²) in [5, 5.41) is 2.98. The van der Waals surface area contributed by atoms with Crippen molar-refractivity contribution in [3.05, 3.63) is 35.4 Å². The van der Waals surface area contributed by atoms with Crippen molar-refractivity contribution in [1.82, 2.24) is 13.9 Å². The van der Waals surface area contributed by atoms with Gasteiger partial charge in [0.1, 0.15) is 0 Å². The van der Waals surface area contributed by atoms with Gasteiger partial charge in [-0.15, -0.1) is 0 Å². The van der Waals surface area contributed by atoms with Crippen LogP contribution in [0.1, 0.15) is 43.7 Å². The second kappa shape index (κ2) is 8.71. The Labute approximate surface area is 163 Å². The van der Waals surface area contributed by atoms with Crippen molar-refractivity contribution in [2.75, 3.05) is 26.2 Å². The van der Waals surface area contributed by atoms with E-state index in [1.54, 1.807) is 4.31 Å². The molecule has 1 atom stereocenters. The van der Waals surface area contributed by atoms with Gasteiger partial charge in [0.2, 0.25) is 5.91 Å². The van der Waals surface area contributed by atoms with Crippen molar-refractivity contribution in [3.8, 4) is 0 Å². The van der Waals surface area contributed by atoms with Crippen LogP contribution in [0.2, 0.25) is 0 Å². The zero-order valence-electron chi connectivity index (χ0n) is 16.4. The maximum atomic E-state index is 13.0. The van der Waals surface area contributed by atoms with E-state index in [9.17, 15) is 13.2 Å². The maximum absolute atomic E-state index is 13.0. The fourth-order valence-electron chi connectivity index (χ4n) is 3.90. The highest BCUT2D eigenvalue weighted by atomic mass is 32.2. The molecule has 2 aliphatic heterocycles. The zero-order chi connectivity index (χ0) is 19.4. The molecular formula is C20H31N3O3S. The summed E-state index contributed by atoms with van der Waals surface area (Å²) in [6, 6.07) is 8.04. The number of rotatable bonds is 5. The molecule has 27 heavy (non-hydrogen) atoms. The number of amides is 1. The van der Waals surface area contributed by atoms with E-state index >= 15 is 0 Å². The normalized spacial score (nSPS) is 23.3. The first-order chi connectivity index (χ1) is 12.9. The van der Waals surface area contributed by atoms with Crippen LogP contribution in [-0.4, -0.2) is 49.1 Å². The summed E-state index contributed by atoms with van der Waals surface area (Å²) in [4.78, 5) is 12.6. The van der Waals surface area contributed by atoms with E-state index in [2.05, 4.69) is 18.3 Å². The van der Waals surface area contributed by atoms with E-state index in [0.29, 0.717) is 32.1 Å². The zero-order valence-corrected chi connectivity index (χ0v) is 17.2. The molecule has 2 heterocycles. The highest BCUT2D eigenvalue weighted by Gasteiger charge is 2.36. The van der Waals surface area contributed by atoms with Gasteiger partial charge in [-0.25, -0.2) is 0 Å². The van der Waals surface area contributed by atoms with Gasteiger partial charge in [-0.1, -0.05) is 36.8 Å². The van der Waals surface area contributed by atoms with E-state index in [1.165, 1.54) is 4.31 Å². The lowest BCUT2D eigenvalue weighted by Crippen LogP contribution is -2.52. The molecule has 2 fully saturated rings. The van der Waals surface area contributed by atoms with Crippen molar-refractivity contribution in [2.45, 2.75) is 46.1 Å². The molecule has 6 nitrogen and oxygen atoms in total. The standard InChI is InChI=1S/C20H31N3O3S/c1-16-8-11-22(12-9-16)27(25,26)23-10-4-7-19(15-23)20(24)21-14-18-6-3-5-17(2)13-18/h3,5-6,13,16,19H,4,7-12,14-15H2,1-2H3,(H,21,24). The molecule has 0 radical (unpaired) electrons. The second-order valence-electron chi connectivity index (χ2n) is 7.99. The molecule has 0 saturated carbocycles. The number of nitrogens with one attached hydrogen (secondary N) is 1. The smallest absolute Gasteiger partial charge is 0.281 e. The van der Waals surface area contributed by atoms with E-state index in [0.717, 1.165) is 36.8 Å². The van der Waals surface area contributed by atoms with Crippen LogP contribution >= 0.6 is 0 Å². The van der Waals surface area contributed by atoms with E-state index < -0.39 is 10.2 Å². The molecule has 1 aromatic rings. The minimum atomic E-state index is -3.46. The van der Waals surface area contributed by atoms with Crippen LogP contribution in [0.15, 0.2) is 24.3 Å². The van der Waals surface area contributed by atoms with E-state index in [4.69, 9.17) is 0 Å². The molecule has 150 valence electrons. The number of hydrogen-bond acceptors (Lipinski definition) is 3. The number of hydrogen-bond donors (Lipinski definition) is 1. The number of nitrogens with zero attached hydrogens (tertiary/aromatic N) is 2. The van der Waals surface area contributed by atoms with Crippen LogP contribution in [0.5, 0.6) is 0 Å². The van der Waals surface area contributed by atoms with Crippen LogP contribution in [0.3, 0.4) is 0 Å². The summed E-state index contributed by atoms with van der Waals surface area (Å²) in [5.74, 6) is 0.253. The molecular weight excluding hydrogens is 362 g/mol. The van der Waals surface area contributed by atoms with Crippen molar-refractivity contribution < 1.29 is 13.2 Å². The Morgan fingerprint density at radius 2 is 1.89 bits per heavy atom. The van der Waals surface area contributed by atoms with Gasteiger partial charge in [-0.2, -0.15) is 17.0 Å². The lowest BCUT2D eigenvalue weighted by Gasteiger charge is -2.37. The monoisotopic (exact) mass is 393 g/mol. The molecule has 1 aromatic carbocycles. The average molecular weight is 394 g/mol. The van der Waals surface area contributed by atoms with Gasteiger partial charge in [0.25, 0.3) is 10.2 Å². The molecule has 0 aliphatic carbocycles. The maximum Gasteiger partial charge on any atom is 0.281 e. The van der Waals surface area contributed by atoms with Gasteiger partial charge >= 0.3 is 0 Å². The van der Waals surface area contributed by atoms with Gasteiger partial charge in [0.15, 0.2) is 0 Å². The summed E-state index contributed by atoms with van der Waals surface area (Å²) in [6.07, 6.45) is 3.29. The van der Waals surface area contributed by atoms with Crippen molar-refractivity contribution in [1.29, 1.82) is 0 Å². The molecule has 1 amide bonds. The van der Waals surface area contributed by atoms with Gasteiger partial charge in [-0.05, 0) is 44.1 Å². The average Bonchev–Trinajstić information content (AvgIpc) is 2.66. The highest BCUT2D eigenvalue weighted by molar-refractivity contribution is 7.86. The second-order valence-corrected chi connectivity index (χ2v) is 9.92. The fourth-order valence-corrected chi connectivity index (χ4v) is 5.63. The molecule has 2 aliphatic rings. The van der Waals surface area contributed by atoms with Crippen molar-refractivity contribution in [2.24, 2.45) is 11.8 Å². The highest BCUT2D eigenvalue weighted by Crippen LogP contribution is 2.25. The summed E-state index contributed by atoms with van der Waals surface area (Å²) < 4.78 is 29.0. The Hall–Kier alpha value is -1.44. The van der Waals surface area contributed by atoms with E-state index in [1.807, 2.05) is 25.1 Å². The van der Waals surface area contributed by atoms with Crippen LogP contribution in [0, 0.1) is 18.8 Å². The molecule has 3 rings (SSSR count). The first kappa shape index (κ1) is 20.3. The largest absolute Gasteiger partial charge is 0.352 e. The molecule has 0 aromatic heterocycles. The quantitative estimate of drug-likeness (QED) is 0.834. The molecule has 0 spiro atoms. The third-order valence-electron chi connectivity index (χ3n) is 5.70. The third kappa shape index (κ3) is 5.09. The summed E-state index contributed by atoms with van der Waals surface area (Å²) in [6.45, 7) is 6.64. The summed E-state index contributed by atoms with van der Waals surface area (Å²) in [5.41, 5.74) is 2.22. The molecule has 1 unspecified atom stereocenters. The fraction of sp³-hybridized carbons (Fsp3) is 0.650. The van der Waals surface area contributed by atoms with Gasteiger partial charge in [-0.3, -0.25) is 4.79 Å². The number of piperidine rings is 2. The first-order valence-corrected chi connectivity index (χ1v) is 11.3. The minimum Gasteiger partial charge on any atom is -0.352 e. The number of aryl methyl sites for hydroxylation is 1. The Morgan fingerprint density at radius 3 is 2.59 bits per heavy atom. The first-order valence-electron chi connectivity index (χ1n) is 9.95. The Kier molecular flexibility index (Phi) is 6.55. The van der Waals surface area contributed by atoms with Crippen molar-refractivity contribution >= 4 is 16.1 Å². The lowest BCUT2D eigenvalue weighted by molar-refractivity contribution is -0.126. The van der Waals surface area contributed by atoms with Crippen LogP contribution in [-0.2, 0) is 21.5 Å². The van der Waals surface area contributed by atoms with Crippen LogP contribution < -0.4 is 5.32 Å². The van der Waals surface area contributed by atoms with Crippen LogP contribution in [0.4, 0.5) is 0 Å². The Morgan fingerprint density at radius 1 is 1.15 bits per heavy atom. The molecule has 1 N–H and O–H groups in total. The number of benzene rings is 1. The third-order valence-corrected chi connectivity index (χ3v) is 7.70.